The molecule has 42 heavy (non-hydrogen) atoms. The third-order valence-corrected chi connectivity index (χ3v) is 8.81. The van der Waals surface area contributed by atoms with E-state index < -0.39 is 5.92 Å². The standard InChI is InChI=1S/C35H37N3O4/c1-38-29-18-9-7-16-27(29)33(39)31(35(38)41)30(23-13-10-14-24(21-23)42-2)32-26(25-15-6-8-17-28(25)37-32)19-20-36-34(40)22-11-4-3-5-12-22/h6-10,13-18,21-22,30,37,39H,3-5,11-12,19-20H2,1-2H3,(H,36,40). The van der Waals surface area contributed by atoms with Crippen LogP contribution in [0.2, 0.25) is 0 Å². The number of pyridine rings is 1. The molecule has 1 saturated carbocycles. The molecule has 0 spiro atoms. The van der Waals surface area contributed by atoms with E-state index in [2.05, 4.69) is 16.4 Å². The SMILES string of the molecule is COc1cccc(C(c2[nH]c3ccccc3c2CCNC(=O)C2CCCCC2)c2c(O)c3ccccc3n(C)c2=O)c1. The number of aromatic hydroxyl groups is 1. The smallest absolute Gasteiger partial charge is 0.258 e. The molecule has 2 heterocycles. The van der Waals surface area contributed by atoms with Crippen LogP contribution in [0.25, 0.3) is 21.8 Å². The van der Waals surface area contributed by atoms with Gasteiger partial charge < -0.3 is 24.7 Å². The van der Waals surface area contributed by atoms with Crippen LogP contribution in [0.3, 0.4) is 0 Å². The highest BCUT2D eigenvalue weighted by atomic mass is 16.5. The first-order valence-corrected chi connectivity index (χ1v) is 14.8. The minimum absolute atomic E-state index is 0.0308. The average Bonchev–Trinajstić information content (AvgIpc) is 3.40. The molecule has 0 saturated heterocycles. The molecule has 1 amide bonds. The number of aryl methyl sites for hydroxylation is 1. The highest BCUT2D eigenvalue weighted by molar-refractivity contribution is 5.88. The molecule has 3 aromatic carbocycles. The molecule has 0 bridgehead atoms. The van der Waals surface area contributed by atoms with Gasteiger partial charge >= 0.3 is 0 Å². The molecule has 3 N–H and O–H groups in total. The van der Waals surface area contributed by atoms with Crippen molar-refractivity contribution in [3.8, 4) is 11.5 Å². The van der Waals surface area contributed by atoms with Crippen LogP contribution < -0.4 is 15.6 Å². The molecule has 1 aliphatic rings. The molecule has 5 aromatic rings. The molecule has 0 aliphatic heterocycles. The van der Waals surface area contributed by atoms with Gasteiger partial charge in [0.1, 0.15) is 11.5 Å². The number of ether oxygens (including phenoxy) is 1. The summed E-state index contributed by atoms with van der Waals surface area (Å²) in [5.41, 5.74) is 4.27. The summed E-state index contributed by atoms with van der Waals surface area (Å²) in [7, 11) is 3.35. The number of nitrogens with one attached hydrogen (secondary N) is 2. The van der Waals surface area contributed by atoms with Crippen LogP contribution in [0.5, 0.6) is 11.5 Å². The number of carbonyl (C=O) groups is 1. The van der Waals surface area contributed by atoms with E-state index in [0.717, 1.165) is 53.4 Å². The van der Waals surface area contributed by atoms with Crippen LogP contribution in [-0.2, 0) is 18.3 Å². The molecule has 1 aliphatic carbocycles. The van der Waals surface area contributed by atoms with E-state index in [9.17, 15) is 14.7 Å². The Hall–Kier alpha value is -4.52. The van der Waals surface area contributed by atoms with Gasteiger partial charge in [-0.3, -0.25) is 9.59 Å². The van der Waals surface area contributed by atoms with Crippen molar-refractivity contribution in [2.45, 2.75) is 44.4 Å². The van der Waals surface area contributed by atoms with Crippen LogP contribution in [0.15, 0.2) is 77.6 Å². The summed E-state index contributed by atoms with van der Waals surface area (Å²) in [6, 6.07) is 23.1. The summed E-state index contributed by atoms with van der Waals surface area (Å²) in [6.07, 6.45) is 5.90. The highest BCUT2D eigenvalue weighted by Gasteiger charge is 2.30. The van der Waals surface area contributed by atoms with E-state index in [0.29, 0.717) is 35.2 Å². The Bertz CT molecular complexity index is 1810. The van der Waals surface area contributed by atoms with Gasteiger partial charge in [-0.15, -0.1) is 0 Å². The van der Waals surface area contributed by atoms with E-state index in [4.69, 9.17) is 4.74 Å². The Morgan fingerprint density at radius 1 is 1.02 bits per heavy atom. The number of carbonyl (C=O) groups excluding carboxylic acids is 1. The number of amides is 1. The maximum atomic E-state index is 14.1. The summed E-state index contributed by atoms with van der Waals surface area (Å²) < 4.78 is 7.17. The van der Waals surface area contributed by atoms with Crippen molar-refractivity contribution >= 4 is 27.7 Å². The Labute approximate surface area is 245 Å². The maximum absolute atomic E-state index is 14.1. The number of aromatic amines is 1. The molecule has 1 fully saturated rings. The fourth-order valence-electron chi connectivity index (χ4n) is 6.62. The first-order valence-electron chi connectivity index (χ1n) is 14.8. The topological polar surface area (TPSA) is 96.3 Å². The zero-order valence-corrected chi connectivity index (χ0v) is 24.2. The van der Waals surface area contributed by atoms with Crippen molar-refractivity contribution in [2.24, 2.45) is 13.0 Å². The number of rotatable bonds is 8. The van der Waals surface area contributed by atoms with Crippen molar-refractivity contribution in [1.29, 1.82) is 0 Å². The maximum Gasteiger partial charge on any atom is 0.258 e. The van der Waals surface area contributed by atoms with Crippen LogP contribution in [0.4, 0.5) is 0 Å². The number of nitrogens with zero attached hydrogens (tertiary/aromatic N) is 1. The minimum atomic E-state index is -0.611. The Morgan fingerprint density at radius 2 is 1.76 bits per heavy atom. The van der Waals surface area contributed by atoms with Crippen LogP contribution in [0.1, 0.15) is 60.4 Å². The zero-order chi connectivity index (χ0) is 29.2. The van der Waals surface area contributed by atoms with Crippen molar-refractivity contribution in [1.82, 2.24) is 14.9 Å². The summed E-state index contributed by atoms with van der Waals surface area (Å²) in [4.78, 5) is 30.6. The second kappa shape index (κ2) is 11.8. The quantitative estimate of drug-likeness (QED) is 0.211. The third-order valence-electron chi connectivity index (χ3n) is 8.81. The summed E-state index contributed by atoms with van der Waals surface area (Å²) >= 11 is 0. The van der Waals surface area contributed by atoms with E-state index >= 15 is 0 Å². The van der Waals surface area contributed by atoms with Gasteiger partial charge in [-0.25, -0.2) is 0 Å². The molecule has 6 rings (SSSR count). The summed E-state index contributed by atoms with van der Waals surface area (Å²) in [5.74, 6) is 0.230. The van der Waals surface area contributed by atoms with Crippen molar-refractivity contribution in [3.05, 3.63) is 106 Å². The van der Waals surface area contributed by atoms with Crippen LogP contribution >= 0.6 is 0 Å². The van der Waals surface area contributed by atoms with Crippen LogP contribution in [-0.4, -0.2) is 34.2 Å². The van der Waals surface area contributed by atoms with E-state index in [1.54, 1.807) is 18.7 Å². The molecule has 0 radical (unpaired) electrons. The second-order valence-electron chi connectivity index (χ2n) is 11.3. The van der Waals surface area contributed by atoms with E-state index in [1.807, 2.05) is 66.7 Å². The predicted octanol–water partition coefficient (Wildman–Crippen LogP) is 6.15. The van der Waals surface area contributed by atoms with Gasteiger partial charge in [-0.1, -0.05) is 61.7 Å². The highest BCUT2D eigenvalue weighted by Crippen LogP contribution is 2.41. The van der Waals surface area contributed by atoms with Gasteiger partial charge in [0, 0.05) is 41.5 Å². The summed E-state index contributed by atoms with van der Waals surface area (Å²) in [5, 5.41) is 16.5. The van der Waals surface area contributed by atoms with E-state index in [-0.39, 0.29) is 23.1 Å². The fourth-order valence-corrected chi connectivity index (χ4v) is 6.62. The first-order chi connectivity index (χ1) is 20.5. The number of methoxy groups -OCH3 is 1. The van der Waals surface area contributed by atoms with Crippen molar-refractivity contribution in [2.75, 3.05) is 13.7 Å². The number of para-hydroxylation sites is 2. The monoisotopic (exact) mass is 563 g/mol. The Kier molecular flexibility index (Phi) is 7.74. The van der Waals surface area contributed by atoms with Crippen LogP contribution in [0, 0.1) is 5.92 Å². The molecule has 216 valence electrons. The lowest BCUT2D eigenvalue weighted by Crippen LogP contribution is -2.33. The molecule has 7 heteroatoms. The van der Waals surface area contributed by atoms with Gasteiger partial charge in [0.2, 0.25) is 5.91 Å². The molecule has 1 unspecified atom stereocenters. The lowest BCUT2D eigenvalue weighted by atomic mass is 9.85. The van der Waals surface area contributed by atoms with Crippen molar-refractivity contribution in [3.63, 3.8) is 0 Å². The number of H-pyrrole nitrogens is 1. The zero-order valence-electron chi connectivity index (χ0n) is 24.2. The molecular formula is C35H37N3O4. The predicted molar refractivity (Wildman–Crippen MR) is 166 cm³/mol. The number of fused-ring (bicyclic) bond motifs is 2. The van der Waals surface area contributed by atoms with E-state index in [1.165, 1.54) is 6.42 Å². The molecule has 7 nitrogen and oxygen atoms in total. The number of aromatic nitrogens is 2. The average molecular weight is 564 g/mol. The number of hydrogen-bond acceptors (Lipinski definition) is 4. The number of hydrogen-bond donors (Lipinski definition) is 3. The Morgan fingerprint density at radius 3 is 2.55 bits per heavy atom. The van der Waals surface area contributed by atoms with Gasteiger partial charge in [-0.2, -0.15) is 0 Å². The number of benzene rings is 3. The van der Waals surface area contributed by atoms with Gasteiger partial charge in [-0.05, 0) is 60.7 Å². The third kappa shape index (κ3) is 5.04. The Balaban J connectivity index is 1.50. The fraction of sp³-hybridized carbons (Fsp3) is 0.314. The minimum Gasteiger partial charge on any atom is -0.507 e. The van der Waals surface area contributed by atoms with Gasteiger partial charge in [0.25, 0.3) is 5.56 Å². The molecular weight excluding hydrogens is 526 g/mol. The normalized spacial score (nSPS) is 14.7. The second-order valence-corrected chi connectivity index (χ2v) is 11.3. The largest absolute Gasteiger partial charge is 0.507 e. The van der Waals surface area contributed by atoms with Gasteiger partial charge in [0.15, 0.2) is 0 Å². The van der Waals surface area contributed by atoms with Gasteiger partial charge in [0.05, 0.1) is 24.1 Å². The lowest BCUT2D eigenvalue weighted by molar-refractivity contribution is -0.125. The van der Waals surface area contributed by atoms with Crippen molar-refractivity contribution < 1.29 is 14.6 Å². The molecule has 2 aromatic heterocycles. The first kappa shape index (κ1) is 27.6. The lowest BCUT2D eigenvalue weighted by Gasteiger charge is -2.23. The summed E-state index contributed by atoms with van der Waals surface area (Å²) in [6.45, 7) is 0.483. The molecule has 1 atom stereocenters.